The highest BCUT2D eigenvalue weighted by atomic mass is 32.1. The molecule has 1 unspecified atom stereocenters. The van der Waals surface area contributed by atoms with Crippen LogP contribution in [0.25, 0.3) is 0 Å². The van der Waals surface area contributed by atoms with Crippen molar-refractivity contribution < 1.29 is 4.79 Å². The van der Waals surface area contributed by atoms with Crippen LogP contribution in [0.1, 0.15) is 26.5 Å². The van der Waals surface area contributed by atoms with Gasteiger partial charge in [-0.1, -0.05) is 26.1 Å². The second-order valence-corrected chi connectivity index (χ2v) is 5.24. The average Bonchev–Trinajstić information content (AvgIpc) is 2.36. The minimum absolute atomic E-state index is 0.0395. The van der Waals surface area contributed by atoms with E-state index in [1.165, 1.54) is 0 Å². The van der Waals surface area contributed by atoms with Gasteiger partial charge in [0.15, 0.2) is 0 Å². The number of amides is 1. The highest BCUT2D eigenvalue weighted by Crippen LogP contribution is 2.09. The number of nitrogens with zero attached hydrogens (tertiary/aromatic N) is 1. The molecule has 1 aromatic heterocycles. The first kappa shape index (κ1) is 15.4. The van der Waals surface area contributed by atoms with Crippen LogP contribution >= 0.6 is 12.2 Å². The zero-order valence-corrected chi connectivity index (χ0v) is 12.3. The van der Waals surface area contributed by atoms with Gasteiger partial charge in [0.05, 0.1) is 5.69 Å². The van der Waals surface area contributed by atoms with Gasteiger partial charge in [0.25, 0.3) is 0 Å². The van der Waals surface area contributed by atoms with Crippen LogP contribution < -0.4 is 16.4 Å². The van der Waals surface area contributed by atoms with E-state index in [0.29, 0.717) is 18.2 Å². The molecule has 0 bridgehead atoms. The van der Waals surface area contributed by atoms with Gasteiger partial charge in [0.1, 0.15) is 11.0 Å². The van der Waals surface area contributed by atoms with Crippen LogP contribution in [-0.2, 0) is 4.79 Å². The van der Waals surface area contributed by atoms with Crippen molar-refractivity contribution in [3.8, 4) is 0 Å². The van der Waals surface area contributed by atoms with Crippen molar-refractivity contribution in [3.05, 3.63) is 24.0 Å². The summed E-state index contributed by atoms with van der Waals surface area (Å²) in [4.78, 5) is 16.1. The molecule has 1 amide bonds. The van der Waals surface area contributed by atoms with Gasteiger partial charge in [-0.2, -0.15) is 0 Å². The fourth-order valence-corrected chi connectivity index (χ4v) is 1.54. The van der Waals surface area contributed by atoms with Crippen LogP contribution in [0.4, 0.5) is 5.69 Å². The van der Waals surface area contributed by atoms with E-state index in [9.17, 15) is 4.79 Å². The number of thiocarbonyl (C=S) groups is 1. The third-order valence-corrected chi connectivity index (χ3v) is 2.68. The Morgan fingerprint density at radius 2 is 2.16 bits per heavy atom. The summed E-state index contributed by atoms with van der Waals surface area (Å²) in [5.41, 5.74) is 6.82. The van der Waals surface area contributed by atoms with Crippen LogP contribution in [0, 0.1) is 5.92 Å². The SMILES string of the molecule is CC(C)CNC(=O)C(C)Nc1ccnc(C(N)=S)c1. The van der Waals surface area contributed by atoms with Crippen LogP contribution in [-0.4, -0.2) is 28.5 Å². The molecule has 0 fully saturated rings. The lowest BCUT2D eigenvalue weighted by molar-refractivity contribution is -0.121. The second-order valence-electron chi connectivity index (χ2n) is 4.80. The number of hydrogen-bond donors (Lipinski definition) is 3. The number of nitrogens with two attached hydrogens (primary N) is 1. The largest absolute Gasteiger partial charge is 0.388 e. The molecule has 4 N–H and O–H groups in total. The predicted octanol–water partition coefficient (Wildman–Crippen LogP) is 1.29. The first-order chi connectivity index (χ1) is 8.90. The third kappa shape index (κ3) is 5.21. The predicted molar refractivity (Wildman–Crippen MR) is 81.1 cm³/mol. The van der Waals surface area contributed by atoms with E-state index >= 15 is 0 Å². The molecule has 0 radical (unpaired) electrons. The van der Waals surface area contributed by atoms with Crippen LogP contribution in [0.15, 0.2) is 18.3 Å². The summed E-state index contributed by atoms with van der Waals surface area (Å²) >= 11 is 4.87. The van der Waals surface area contributed by atoms with E-state index < -0.39 is 0 Å². The monoisotopic (exact) mass is 280 g/mol. The summed E-state index contributed by atoms with van der Waals surface area (Å²) in [6.07, 6.45) is 1.61. The standard InChI is InChI=1S/C13H20N4OS/c1-8(2)7-16-13(18)9(3)17-10-4-5-15-11(6-10)12(14)19/h4-6,8-9H,7H2,1-3H3,(H2,14,19)(H,15,17)(H,16,18). The first-order valence-corrected chi connectivity index (χ1v) is 6.61. The Morgan fingerprint density at radius 3 is 2.74 bits per heavy atom. The number of carbonyl (C=O) groups is 1. The van der Waals surface area contributed by atoms with E-state index in [4.69, 9.17) is 18.0 Å². The summed E-state index contributed by atoms with van der Waals surface area (Å²) in [5.74, 6) is 0.390. The Hall–Kier alpha value is -1.69. The Morgan fingerprint density at radius 1 is 1.47 bits per heavy atom. The zero-order valence-electron chi connectivity index (χ0n) is 11.4. The summed E-state index contributed by atoms with van der Waals surface area (Å²) in [5, 5.41) is 5.97. The van der Waals surface area contributed by atoms with Crippen molar-refractivity contribution in [2.45, 2.75) is 26.8 Å². The molecule has 0 aromatic carbocycles. The van der Waals surface area contributed by atoms with E-state index in [-0.39, 0.29) is 16.9 Å². The van der Waals surface area contributed by atoms with Crippen LogP contribution in [0.2, 0.25) is 0 Å². The Labute approximate surface area is 119 Å². The number of pyridine rings is 1. The average molecular weight is 280 g/mol. The van der Waals surface area contributed by atoms with Crippen molar-refractivity contribution >= 4 is 28.8 Å². The van der Waals surface area contributed by atoms with Crippen molar-refractivity contribution in [1.29, 1.82) is 0 Å². The zero-order chi connectivity index (χ0) is 14.4. The van der Waals surface area contributed by atoms with Crippen LogP contribution in [0.3, 0.4) is 0 Å². The number of carbonyl (C=O) groups excluding carboxylic acids is 1. The number of aromatic nitrogens is 1. The van der Waals surface area contributed by atoms with E-state index in [1.54, 1.807) is 25.3 Å². The Bertz CT molecular complexity index is 462. The molecule has 1 rings (SSSR count). The minimum atomic E-state index is -0.333. The lowest BCUT2D eigenvalue weighted by atomic mass is 10.2. The molecule has 0 saturated carbocycles. The smallest absolute Gasteiger partial charge is 0.242 e. The Kier molecular flexibility index (Phi) is 5.69. The fourth-order valence-electron chi connectivity index (χ4n) is 1.43. The fraction of sp³-hybridized carbons (Fsp3) is 0.462. The molecule has 0 aliphatic rings. The summed E-state index contributed by atoms with van der Waals surface area (Å²) in [6, 6.07) is 3.17. The molecule has 0 saturated heterocycles. The lowest BCUT2D eigenvalue weighted by Crippen LogP contribution is -2.39. The van der Waals surface area contributed by atoms with Gasteiger partial charge in [-0.25, -0.2) is 0 Å². The quantitative estimate of drug-likeness (QED) is 0.684. The molecule has 6 heteroatoms. The maximum absolute atomic E-state index is 11.8. The maximum atomic E-state index is 11.8. The molecular weight excluding hydrogens is 260 g/mol. The topological polar surface area (TPSA) is 80.0 Å². The van der Waals surface area contributed by atoms with Gasteiger partial charge in [-0.05, 0) is 25.0 Å². The highest BCUT2D eigenvalue weighted by molar-refractivity contribution is 7.80. The van der Waals surface area contributed by atoms with Gasteiger partial charge in [0, 0.05) is 18.4 Å². The molecule has 0 aliphatic heterocycles. The van der Waals surface area contributed by atoms with Crippen molar-refractivity contribution in [1.82, 2.24) is 10.3 Å². The number of rotatable bonds is 6. The molecular formula is C13H20N4OS. The molecule has 1 aromatic rings. The Balaban J connectivity index is 2.61. The summed E-state index contributed by atoms with van der Waals surface area (Å²) in [7, 11) is 0. The van der Waals surface area contributed by atoms with Crippen molar-refractivity contribution in [3.63, 3.8) is 0 Å². The second kappa shape index (κ2) is 7.04. The van der Waals surface area contributed by atoms with Crippen LogP contribution in [0.5, 0.6) is 0 Å². The van der Waals surface area contributed by atoms with Gasteiger partial charge in [-0.3, -0.25) is 9.78 Å². The highest BCUT2D eigenvalue weighted by Gasteiger charge is 2.12. The molecule has 1 atom stereocenters. The van der Waals surface area contributed by atoms with E-state index in [2.05, 4.69) is 29.5 Å². The van der Waals surface area contributed by atoms with Gasteiger partial charge in [-0.15, -0.1) is 0 Å². The molecule has 19 heavy (non-hydrogen) atoms. The summed E-state index contributed by atoms with van der Waals surface area (Å²) in [6.45, 7) is 6.57. The normalized spacial score (nSPS) is 12.0. The van der Waals surface area contributed by atoms with Gasteiger partial charge >= 0.3 is 0 Å². The molecule has 1 heterocycles. The van der Waals surface area contributed by atoms with Crippen molar-refractivity contribution in [2.24, 2.45) is 11.7 Å². The molecule has 5 nitrogen and oxygen atoms in total. The van der Waals surface area contributed by atoms with Gasteiger partial charge in [0.2, 0.25) is 5.91 Å². The number of hydrogen-bond acceptors (Lipinski definition) is 4. The lowest BCUT2D eigenvalue weighted by Gasteiger charge is -2.16. The molecule has 104 valence electrons. The summed E-state index contributed by atoms with van der Waals surface area (Å²) < 4.78 is 0. The minimum Gasteiger partial charge on any atom is -0.388 e. The van der Waals surface area contributed by atoms with Crippen molar-refractivity contribution in [2.75, 3.05) is 11.9 Å². The molecule has 0 spiro atoms. The number of nitrogens with one attached hydrogen (secondary N) is 2. The maximum Gasteiger partial charge on any atom is 0.242 e. The van der Waals surface area contributed by atoms with Gasteiger partial charge < -0.3 is 16.4 Å². The van der Waals surface area contributed by atoms with E-state index in [0.717, 1.165) is 5.69 Å². The number of anilines is 1. The third-order valence-electron chi connectivity index (χ3n) is 2.47. The first-order valence-electron chi connectivity index (χ1n) is 6.20. The molecule has 0 aliphatic carbocycles. The van der Waals surface area contributed by atoms with E-state index in [1.807, 2.05) is 0 Å².